The van der Waals surface area contributed by atoms with Crippen molar-refractivity contribution in [2.24, 2.45) is 0 Å². The number of hydrogen-bond donors (Lipinski definition) is 2. The Labute approximate surface area is 142 Å². The topological polar surface area (TPSA) is 74.6 Å². The Balaban J connectivity index is 4.58. The second-order valence-electron chi connectivity index (χ2n) is 7.45. The summed E-state index contributed by atoms with van der Waals surface area (Å²) in [5.74, 6) is -2.31. The van der Waals surface area contributed by atoms with E-state index in [0.29, 0.717) is 6.42 Å². The van der Waals surface area contributed by atoms with Crippen LogP contribution in [0.25, 0.3) is 0 Å². The standard InChI is InChI=1S/C18H34O4Si/c1-13(2)23(14(3)4,15(5)6)11-9-7-8-10-16(18(21)22)12-17(19)20/h12-15H,7-11H2,1-6H3,(H,19,20)(H,21,22)/b16-12+. The van der Waals surface area contributed by atoms with E-state index in [0.717, 1.165) is 42.0 Å². The van der Waals surface area contributed by atoms with E-state index in [-0.39, 0.29) is 5.57 Å². The van der Waals surface area contributed by atoms with Gasteiger partial charge < -0.3 is 10.2 Å². The molecule has 23 heavy (non-hydrogen) atoms. The van der Waals surface area contributed by atoms with Crippen LogP contribution in [-0.4, -0.2) is 30.2 Å². The number of carbonyl (C=O) groups is 2. The summed E-state index contributed by atoms with van der Waals surface area (Å²) < 4.78 is 0. The molecular formula is C18H34O4Si. The van der Waals surface area contributed by atoms with Gasteiger partial charge in [0.25, 0.3) is 0 Å². The van der Waals surface area contributed by atoms with Gasteiger partial charge in [-0.05, 0) is 12.8 Å². The van der Waals surface area contributed by atoms with Crippen molar-refractivity contribution in [3.8, 4) is 0 Å². The molecule has 0 spiro atoms. The van der Waals surface area contributed by atoms with Crippen LogP contribution in [0, 0.1) is 0 Å². The van der Waals surface area contributed by atoms with Crippen molar-refractivity contribution < 1.29 is 19.8 Å². The molecule has 0 unspecified atom stereocenters. The summed E-state index contributed by atoms with van der Waals surface area (Å²) in [7, 11) is -1.38. The molecule has 0 fully saturated rings. The van der Waals surface area contributed by atoms with Crippen LogP contribution >= 0.6 is 0 Å². The summed E-state index contributed by atoms with van der Waals surface area (Å²) in [4.78, 5) is 21.6. The molecule has 0 aromatic heterocycles. The maximum Gasteiger partial charge on any atom is 0.331 e. The van der Waals surface area contributed by atoms with Crippen LogP contribution in [0.5, 0.6) is 0 Å². The highest BCUT2D eigenvalue weighted by molar-refractivity contribution is 6.83. The van der Waals surface area contributed by atoms with Crippen molar-refractivity contribution in [2.75, 3.05) is 0 Å². The molecule has 0 atom stereocenters. The monoisotopic (exact) mass is 342 g/mol. The van der Waals surface area contributed by atoms with Crippen LogP contribution in [0.2, 0.25) is 22.7 Å². The Morgan fingerprint density at radius 3 is 1.70 bits per heavy atom. The molecule has 0 heterocycles. The Morgan fingerprint density at radius 1 is 0.870 bits per heavy atom. The summed E-state index contributed by atoms with van der Waals surface area (Å²) in [5, 5.41) is 17.7. The molecule has 0 radical (unpaired) electrons. The van der Waals surface area contributed by atoms with Gasteiger partial charge in [-0.2, -0.15) is 0 Å². The Hall–Kier alpha value is -1.10. The number of unbranched alkanes of at least 4 members (excludes halogenated alkanes) is 2. The molecule has 134 valence electrons. The van der Waals surface area contributed by atoms with Crippen molar-refractivity contribution in [3.63, 3.8) is 0 Å². The quantitative estimate of drug-likeness (QED) is 0.303. The molecule has 0 aromatic carbocycles. The van der Waals surface area contributed by atoms with Crippen LogP contribution in [0.3, 0.4) is 0 Å². The molecule has 0 aromatic rings. The summed E-state index contributed by atoms with van der Waals surface area (Å²) >= 11 is 0. The maximum absolute atomic E-state index is 11.0. The Bertz CT molecular complexity index is 403. The molecule has 0 bridgehead atoms. The molecule has 0 rings (SSSR count). The first kappa shape index (κ1) is 21.9. The zero-order valence-electron chi connectivity index (χ0n) is 15.6. The van der Waals surface area contributed by atoms with Crippen LogP contribution in [0.1, 0.15) is 67.2 Å². The van der Waals surface area contributed by atoms with Gasteiger partial charge in [0.1, 0.15) is 0 Å². The average molecular weight is 343 g/mol. The van der Waals surface area contributed by atoms with Gasteiger partial charge >= 0.3 is 11.9 Å². The molecule has 4 nitrogen and oxygen atoms in total. The largest absolute Gasteiger partial charge is 0.478 e. The van der Waals surface area contributed by atoms with Crippen LogP contribution in [0.15, 0.2) is 11.6 Å². The SMILES string of the molecule is CC(C)[Si](CCCCC/C(=C\C(=O)O)C(=O)O)(C(C)C)C(C)C. The molecule has 0 saturated heterocycles. The summed E-state index contributed by atoms with van der Waals surface area (Å²) in [6.07, 6.45) is 3.97. The molecule has 0 amide bonds. The number of carboxylic acid groups (broad SMARTS) is 2. The fraction of sp³-hybridized carbons (Fsp3) is 0.778. The van der Waals surface area contributed by atoms with Crippen molar-refractivity contribution in [2.45, 2.75) is 89.9 Å². The van der Waals surface area contributed by atoms with E-state index in [2.05, 4.69) is 41.5 Å². The summed E-state index contributed by atoms with van der Waals surface area (Å²) in [6.45, 7) is 14.1. The lowest BCUT2D eigenvalue weighted by atomic mass is 10.1. The minimum Gasteiger partial charge on any atom is -0.478 e. The first-order valence-corrected chi connectivity index (χ1v) is 11.2. The first-order chi connectivity index (χ1) is 10.6. The van der Waals surface area contributed by atoms with E-state index in [4.69, 9.17) is 10.2 Å². The first-order valence-electron chi connectivity index (χ1n) is 8.72. The van der Waals surface area contributed by atoms with E-state index in [1.165, 1.54) is 6.04 Å². The zero-order chi connectivity index (χ0) is 18.2. The smallest absolute Gasteiger partial charge is 0.331 e. The molecular weight excluding hydrogens is 308 g/mol. The van der Waals surface area contributed by atoms with Crippen LogP contribution in [-0.2, 0) is 9.59 Å². The fourth-order valence-corrected chi connectivity index (χ4v) is 10.8. The minimum absolute atomic E-state index is 0.00223. The van der Waals surface area contributed by atoms with Crippen LogP contribution < -0.4 is 0 Å². The van der Waals surface area contributed by atoms with Gasteiger partial charge in [0.2, 0.25) is 0 Å². The minimum atomic E-state index is -1.38. The summed E-state index contributed by atoms with van der Waals surface area (Å²) in [5.41, 5.74) is 2.22. The zero-order valence-corrected chi connectivity index (χ0v) is 16.6. The lowest BCUT2D eigenvalue weighted by molar-refractivity contribution is -0.135. The third-order valence-corrected chi connectivity index (χ3v) is 13.0. The fourth-order valence-electron chi connectivity index (χ4n) is 4.18. The third-order valence-electron chi connectivity index (χ3n) is 5.35. The molecule has 0 aliphatic rings. The van der Waals surface area contributed by atoms with Gasteiger partial charge in [0, 0.05) is 11.6 Å². The second kappa shape index (κ2) is 9.91. The van der Waals surface area contributed by atoms with Gasteiger partial charge in [-0.3, -0.25) is 0 Å². The lowest BCUT2D eigenvalue weighted by Gasteiger charge is -2.43. The molecule has 0 aliphatic carbocycles. The van der Waals surface area contributed by atoms with E-state index < -0.39 is 20.0 Å². The Morgan fingerprint density at radius 2 is 1.35 bits per heavy atom. The van der Waals surface area contributed by atoms with Gasteiger partial charge in [0.05, 0.1) is 8.07 Å². The molecule has 5 heteroatoms. The van der Waals surface area contributed by atoms with Crippen molar-refractivity contribution in [1.29, 1.82) is 0 Å². The average Bonchev–Trinajstić information content (AvgIpc) is 2.39. The number of aliphatic carboxylic acids is 2. The molecule has 0 aliphatic heterocycles. The molecule has 0 saturated carbocycles. The molecule has 2 N–H and O–H groups in total. The number of hydrogen-bond acceptors (Lipinski definition) is 2. The normalized spacial score (nSPS) is 13.2. The third kappa shape index (κ3) is 6.49. The van der Waals surface area contributed by atoms with Crippen molar-refractivity contribution in [3.05, 3.63) is 11.6 Å². The predicted molar refractivity (Wildman–Crippen MR) is 97.7 cm³/mol. The van der Waals surface area contributed by atoms with Gasteiger partial charge in [-0.15, -0.1) is 0 Å². The van der Waals surface area contributed by atoms with Gasteiger partial charge in [-0.1, -0.05) is 77.1 Å². The van der Waals surface area contributed by atoms with E-state index >= 15 is 0 Å². The highest BCUT2D eigenvalue weighted by Crippen LogP contribution is 2.45. The van der Waals surface area contributed by atoms with E-state index in [9.17, 15) is 9.59 Å². The highest BCUT2D eigenvalue weighted by Gasteiger charge is 2.41. The predicted octanol–water partition coefficient (Wildman–Crippen LogP) is 5.32. The van der Waals surface area contributed by atoms with Crippen LogP contribution in [0.4, 0.5) is 0 Å². The van der Waals surface area contributed by atoms with Crippen molar-refractivity contribution in [1.82, 2.24) is 0 Å². The van der Waals surface area contributed by atoms with Crippen molar-refractivity contribution >= 4 is 20.0 Å². The second-order valence-corrected chi connectivity index (χ2v) is 13.6. The highest BCUT2D eigenvalue weighted by atomic mass is 28.3. The van der Waals surface area contributed by atoms with Gasteiger partial charge in [-0.25, -0.2) is 9.59 Å². The van der Waals surface area contributed by atoms with E-state index in [1.54, 1.807) is 0 Å². The number of carboxylic acids is 2. The van der Waals surface area contributed by atoms with E-state index in [1.807, 2.05) is 0 Å². The maximum atomic E-state index is 11.0. The summed E-state index contributed by atoms with van der Waals surface area (Å²) in [6, 6.07) is 1.27. The number of rotatable bonds is 11. The Kier molecular flexibility index (Phi) is 9.43. The van der Waals surface area contributed by atoms with Gasteiger partial charge in [0.15, 0.2) is 0 Å². The lowest BCUT2D eigenvalue weighted by Crippen LogP contribution is -2.44.